The molecule has 1 heterocycles. The van der Waals surface area contributed by atoms with Crippen LogP contribution in [0.2, 0.25) is 5.02 Å². The Balaban J connectivity index is 2.32. The van der Waals surface area contributed by atoms with Crippen molar-refractivity contribution in [3.8, 4) is 0 Å². The summed E-state index contributed by atoms with van der Waals surface area (Å²) in [6.07, 6.45) is 2.43. The predicted molar refractivity (Wildman–Crippen MR) is 30.6 cm³/mol. The van der Waals surface area contributed by atoms with E-state index in [-0.39, 0.29) is 0 Å². The van der Waals surface area contributed by atoms with Gasteiger partial charge in [-0.25, -0.2) is 0 Å². The van der Waals surface area contributed by atoms with Gasteiger partial charge in [0.25, 0.3) is 0 Å². The molecule has 0 aliphatic carbocycles. The van der Waals surface area contributed by atoms with Gasteiger partial charge in [-0.3, -0.25) is 0 Å². The number of likely N-dealkylation sites (tertiary alicyclic amines) is 1. The average molecular weight is 178 g/mol. The molecule has 0 aromatic carbocycles. The van der Waals surface area contributed by atoms with E-state index in [0.717, 1.165) is 36.4 Å². The Morgan fingerprint density at radius 1 is 1.44 bits per heavy atom. The molecule has 0 aromatic rings. The van der Waals surface area contributed by atoms with Crippen LogP contribution in [0.25, 0.3) is 0 Å². The van der Waals surface area contributed by atoms with Crippen LogP contribution in [-0.2, 0) is 23.1 Å². The number of hydrogen-bond acceptors (Lipinski definition) is 1. The quantitative estimate of drug-likeness (QED) is 0.537. The van der Waals surface area contributed by atoms with Crippen LogP contribution in [0.3, 0.4) is 0 Å². The first-order valence-corrected chi connectivity index (χ1v) is 5.51. The molecule has 1 saturated heterocycles. The van der Waals surface area contributed by atoms with Crippen molar-refractivity contribution in [3.05, 3.63) is 0 Å². The molecule has 3 heteroatoms. The number of hydrogen-bond donors (Lipinski definition) is 0. The summed E-state index contributed by atoms with van der Waals surface area (Å²) in [6.45, 7) is 2.03. The van der Waals surface area contributed by atoms with Crippen LogP contribution < -0.4 is 0 Å². The molecule has 0 saturated carbocycles. The van der Waals surface area contributed by atoms with Gasteiger partial charge in [0.05, 0.1) is 0 Å². The first-order chi connectivity index (χ1) is 4.34. The number of nitrogens with zero attached hydrogens (tertiary/aromatic N) is 1. The Morgan fingerprint density at radius 2 is 2.00 bits per heavy atom. The molecule has 2 nitrogen and oxygen atoms in total. The van der Waals surface area contributed by atoms with Crippen molar-refractivity contribution in [2.24, 2.45) is 0 Å². The summed E-state index contributed by atoms with van der Waals surface area (Å²) in [7, 11) is 0. The van der Waals surface area contributed by atoms with Crippen LogP contribution in [0.15, 0.2) is 0 Å². The summed E-state index contributed by atoms with van der Waals surface area (Å²) in [6, 6.07) is 0. The molecule has 1 fully saturated rings. The molecule has 0 spiro atoms. The molecule has 1 aliphatic heterocycles. The van der Waals surface area contributed by atoms with Gasteiger partial charge in [0.1, 0.15) is 0 Å². The maximum absolute atomic E-state index is 11.0. The Labute approximate surface area is 65.3 Å². The van der Waals surface area contributed by atoms with E-state index in [1.54, 1.807) is 0 Å². The molecule has 0 bridgehead atoms. The predicted octanol–water partition coefficient (Wildman–Crippen LogP) is 0.574. The van der Waals surface area contributed by atoms with Gasteiger partial charge < -0.3 is 0 Å². The van der Waals surface area contributed by atoms with Gasteiger partial charge in [0.15, 0.2) is 0 Å². The van der Waals surface area contributed by atoms with Crippen LogP contribution in [0.4, 0.5) is 0 Å². The van der Waals surface area contributed by atoms with Crippen molar-refractivity contribution < 1.29 is 23.1 Å². The van der Waals surface area contributed by atoms with Gasteiger partial charge in [-0.15, -0.1) is 0 Å². The van der Waals surface area contributed by atoms with Crippen molar-refractivity contribution in [1.29, 1.82) is 0 Å². The molecule has 0 aromatic heterocycles. The molecule has 1 rings (SSSR count). The van der Waals surface area contributed by atoms with Crippen molar-refractivity contribution >= 4 is 5.91 Å². The van der Waals surface area contributed by atoms with Crippen LogP contribution in [0, 0.1) is 0 Å². The van der Waals surface area contributed by atoms with E-state index in [1.165, 1.54) is 12.8 Å². The van der Waals surface area contributed by atoms with E-state index in [1.807, 2.05) is 4.90 Å². The number of amides is 1. The number of carbonyl (C=O) groups is 1. The van der Waals surface area contributed by atoms with Gasteiger partial charge in [0.2, 0.25) is 0 Å². The first-order valence-electron chi connectivity index (χ1n) is 3.41. The summed E-state index contributed by atoms with van der Waals surface area (Å²) < 4.78 is 0. The first kappa shape index (κ1) is 7.20. The standard InChI is InChI=1S/C6H10NO.Zn/c1-6(8)7-4-2-3-5-7;/h1-5H2;/q;+1. The van der Waals surface area contributed by atoms with E-state index in [0.29, 0.717) is 5.91 Å². The fraction of sp³-hybridized carbons (Fsp3) is 0.833. The van der Waals surface area contributed by atoms with Crippen molar-refractivity contribution in [2.45, 2.75) is 17.9 Å². The fourth-order valence-corrected chi connectivity index (χ4v) is 1.79. The van der Waals surface area contributed by atoms with E-state index in [4.69, 9.17) is 0 Å². The van der Waals surface area contributed by atoms with Gasteiger partial charge in [0, 0.05) is 0 Å². The summed E-state index contributed by atoms with van der Waals surface area (Å²) >= 11 is 1.11. The Kier molecular flexibility index (Phi) is 2.65. The summed E-state index contributed by atoms with van der Waals surface area (Å²) in [5.41, 5.74) is 0. The number of carbonyl (C=O) groups excluding carboxylic acids is 1. The topological polar surface area (TPSA) is 20.3 Å². The van der Waals surface area contributed by atoms with Crippen molar-refractivity contribution in [2.75, 3.05) is 13.1 Å². The molecule has 1 aliphatic rings. The third-order valence-electron chi connectivity index (χ3n) is 1.67. The zero-order valence-corrected chi connectivity index (χ0v) is 8.57. The van der Waals surface area contributed by atoms with Crippen molar-refractivity contribution in [1.82, 2.24) is 4.90 Å². The van der Waals surface area contributed by atoms with Gasteiger partial charge in [-0.2, -0.15) is 0 Å². The van der Waals surface area contributed by atoms with Gasteiger partial charge in [-0.1, -0.05) is 0 Å². The second kappa shape index (κ2) is 3.31. The second-order valence-corrected chi connectivity index (χ2v) is 3.39. The normalized spacial score (nSPS) is 18.7. The zero-order valence-electron chi connectivity index (χ0n) is 5.60. The van der Waals surface area contributed by atoms with Crippen LogP contribution in [0.1, 0.15) is 12.8 Å². The van der Waals surface area contributed by atoms with Crippen LogP contribution in [0.5, 0.6) is 0 Å². The molecule has 46 valence electrons. The van der Waals surface area contributed by atoms with Crippen molar-refractivity contribution in [3.63, 3.8) is 0 Å². The second-order valence-electron chi connectivity index (χ2n) is 2.34. The Bertz CT molecular complexity index is 110. The van der Waals surface area contributed by atoms with Gasteiger partial charge in [-0.05, 0) is 0 Å². The average Bonchev–Trinajstić information content (AvgIpc) is 2.37. The number of rotatable bonds is 1. The summed E-state index contributed by atoms with van der Waals surface area (Å²) in [5, 5.41) is 0.792. The summed E-state index contributed by atoms with van der Waals surface area (Å²) in [4.78, 5) is 12.9. The van der Waals surface area contributed by atoms with Crippen LogP contribution >= 0.6 is 0 Å². The van der Waals surface area contributed by atoms with E-state index < -0.39 is 0 Å². The monoisotopic (exact) mass is 176 g/mol. The molecule has 0 radical (unpaired) electrons. The van der Waals surface area contributed by atoms with Crippen LogP contribution in [-0.4, -0.2) is 23.9 Å². The molecule has 1 amide bonds. The summed E-state index contributed by atoms with van der Waals surface area (Å²) in [5.74, 6) is 0.368. The molecule has 0 atom stereocenters. The molecule has 0 N–H and O–H groups in total. The minimum atomic E-state index is 0.368. The molecule has 9 heavy (non-hydrogen) atoms. The molecular weight excluding hydrogens is 167 g/mol. The van der Waals surface area contributed by atoms with E-state index >= 15 is 0 Å². The third kappa shape index (κ3) is 1.75. The SMILES string of the molecule is O=C([CH2][Zn+])N1CCCC1. The third-order valence-corrected chi connectivity index (χ3v) is 2.57. The molecule has 0 unspecified atom stereocenters. The fourth-order valence-electron chi connectivity index (χ4n) is 1.12. The van der Waals surface area contributed by atoms with E-state index in [2.05, 4.69) is 0 Å². The Hall–Kier alpha value is 0.0934. The molecular formula is C6H10NOZn+. The Morgan fingerprint density at radius 3 is 2.44 bits per heavy atom. The minimum absolute atomic E-state index is 0.368. The zero-order chi connectivity index (χ0) is 6.69. The maximum atomic E-state index is 11.0. The van der Waals surface area contributed by atoms with Gasteiger partial charge >= 0.3 is 64.9 Å². The van der Waals surface area contributed by atoms with E-state index in [9.17, 15) is 4.79 Å².